The second-order valence-electron chi connectivity index (χ2n) is 2.84. The van der Waals surface area contributed by atoms with Crippen LogP contribution in [0.2, 0.25) is 0 Å². The van der Waals surface area contributed by atoms with Crippen molar-refractivity contribution in [1.29, 1.82) is 5.26 Å². The number of aromatic nitrogens is 1. The third-order valence-electron chi connectivity index (χ3n) is 1.75. The molecule has 84 valence electrons. The smallest absolute Gasteiger partial charge is 0.305 e. The molecule has 0 radical (unpaired) electrons. The van der Waals surface area contributed by atoms with Crippen LogP contribution in [0.5, 0.6) is 5.88 Å². The van der Waals surface area contributed by atoms with Gasteiger partial charge in [-0.05, 0) is 7.05 Å². The summed E-state index contributed by atoms with van der Waals surface area (Å²) in [6, 6.07) is 4.24. The zero-order valence-electron chi connectivity index (χ0n) is 8.64. The molecule has 1 aromatic heterocycles. The van der Waals surface area contributed by atoms with Gasteiger partial charge in [-0.1, -0.05) is 0 Å². The van der Waals surface area contributed by atoms with Gasteiger partial charge in [0.2, 0.25) is 11.6 Å². The van der Waals surface area contributed by atoms with Gasteiger partial charge in [0.05, 0.1) is 4.92 Å². The fraction of sp³-hybridized carbons (Fsp3) is 0.333. The van der Waals surface area contributed by atoms with Crippen LogP contribution in [-0.4, -0.2) is 30.1 Å². The number of nitriles is 1. The van der Waals surface area contributed by atoms with E-state index in [1.54, 1.807) is 13.1 Å². The number of pyridine rings is 1. The molecule has 16 heavy (non-hydrogen) atoms. The minimum atomic E-state index is -0.650. The van der Waals surface area contributed by atoms with E-state index in [2.05, 4.69) is 10.3 Å². The third kappa shape index (κ3) is 2.90. The second-order valence-corrected chi connectivity index (χ2v) is 2.84. The van der Waals surface area contributed by atoms with E-state index in [-0.39, 0.29) is 17.3 Å². The molecule has 0 saturated carbocycles. The molecule has 7 nitrogen and oxygen atoms in total. The minimum absolute atomic E-state index is 0.206. The molecule has 0 bridgehead atoms. The number of nitrogens with zero attached hydrogens (tertiary/aromatic N) is 3. The van der Waals surface area contributed by atoms with E-state index in [0.29, 0.717) is 13.2 Å². The molecule has 0 amide bonds. The second kappa shape index (κ2) is 5.63. The van der Waals surface area contributed by atoms with Crippen LogP contribution >= 0.6 is 0 Å². The lowest BCUT2D eigenvalue weighted by molar-refractivity contribution is -0.385. The zero-order valence-corrected chi connectivity index (χ0v) is 8.64. The first-order valence-corrected chi connectivity index (χ1v) is 4.52. The van der Waals surface area contributed by atoms with Gasteiger partial charge in [0.25, 0.3) is 0 Å². The van der Waals surface area contributed by atoms with Crippen molar-refractivity contribution in [3.05, 3.63) is 27.9 Å². The maximum atomic E-state index is 10.5. The predicted octanol–water partition coefficient (Wildman–Crippen LogP) is 0.460. The van der Waals surface area contributed by atoms with Gasteiger partial charge in [0, 0.05) is 18.7 Å². The van der Waals surface area contributed by atoms with Crippen LogP contribution in [0.1, 0.15) is 5.69 Å². The molecular weight excluding hydrogens is 212 g/mol. The molecule has 0 aliphatic heterocycles. The molecule has 1 rings (SSSR count). The van der Waals surface area contributed by atoms with Crippen LogP contribution in [0.3, 0.4) is 0 Å². The van der Waals surface area contributed by atoms with Gasteiger partial charge in [-0.25, -0.2) is 0 Å². The van der Waals surface area contributed by atoms with Gasteiger partial charge < -0.3 is 10.1 Å². The highest BCUT2D eigenvalue weighted by molar-refractivity contribution is 5.45. The van der Waals surface area contributed by atoms with Crippen molar-refractivity contribution in [2.45, 2.75) is 0 Å². The van der Waals surface area contributed by atoms with Crippen molar-refractivity contribution in [2.75, 3.05) is 20.2 Å². The quantitative estimate of drug-likeness (QED) is 0.441. The molecule has 0 fully saturated rings. The summed E-state index contributed by atoms with van der Waals surface area (Å²) >= 11 is 0. The van der Waals surface area contributed by atoms with Gasteiger partial charge in [-0.3, -0.25) is 10.1 Å². The third-order valence-corrected chi connectivity index (χ3v) is 1.75. The predicted molar refractivity (Wildman–Crippen MR) is 55.0 cm³/mol. The number of nitrogens with one attached hydrogen (secondary N) is 1. The Balaban J connectivity index is 2.84. The molecule has 1 N–H and O–H groups in total. The van der Waals surface area contributed by atoms with Crippen molar-refractivity contribution in [1.82, 2.24) is 10.3 Å². The molecule has 7 heteroatoms. The summed E-state index contributed by atoms with van der Waals surface area (Å²) in [7, 11) is 1.77. The van der Waals surface area contributed by atoms with E-state index in [1.165, 1.54) is 12.1 Å². The largest absolute Gasteiger partial charge is 0.476 e. The van der Waals surface area contributed by atoms with E-state index in [4.69, 9.17) is 10.00 Å². The van der Waals surface area contributed by atoms with E-state index in [9.17, 15) is 10.1 Å². The summed E-state index contributed by atoms with van der Waals surface area (Å²) in [5.41, 5.74) is -0.560. The van der Waals surface area contributed by atoms with Crippen LogP contribution < -0.4 is 10.1 Å². The average Bonchev–Trinajstić information content (AvgIpc) is 2.29. The first-order valence-electron chi connectivity index (χ1n) is 4.52. The van der Waals surface area contributed by atoms with Crippen molar-refractivity contribution in [2.24, 2.45) is 0 Å². The molecule has 0 aliphatic carbocycles. The first-order chi connectivity index (χ1) is 7.69. The Kier molecular flexibility index (Phi) is 4.17. The number of hydrogen-bond acceptors (Lipinski definition) is 6. The molecule has 0 saturated heterocycles. The Morgan fingerprint density at radius 3 is 3.00 bits per heavy atom. The van der Waals surface area contributed by atoms with Gasteiger partial charge in [-0.2, -0.15) is 10.2 Å². The van der Waals surface area contributed by atoms with Crippen molar-refractivity contribution in [3.63, 3.8) is 0 Å². The molecule has 0 aromatic carbocycles. The Bertz CT molecular complexity index is 427. The van der Waals surface area contributed by atoms with Crippen molar-refractivity contribution >= 4 is 5.69 Å². The summed E-state index contributed by atoms with van der Waals surface area (Å²) in [5, 5.41) is 22.1. The monoisotopic (exact) mass is 222 g/mol. The van der Waals surface area contributed by atoms with Gasteiger partial charge in [-0.15, -0.1) is 0 Å². The SMILES string of the molecule is CNCCOc1ccc([N+](=O)[O-])c(C#N)n1. The molecule has 0 spiro atoms. The van der Waals surface area contributed by atoms with E-state index >= 15 is 0 Å². The Morgan fingerprint density at radius 1 is 1.69 bits per heavy atom. The number of ether oxygens (including phenoxy) is 1. The fourth-order valence-electron chi connectivity index (χ4n) is 1.00. The van der Waals surface area contributed by atoms with E-state index in [1.807, 2.05) is 0 Å². The topological polar surface area (TPSA) is 101 Å². The van der Waals surface area contributed by atoms with Crippen LogP contribution in [0.25, 0.3) is 0 Å². The normalized spacial score (nSPS) is 9.50. The van der Waals surface area contributed by atoms with Gasteiger partial charge in [0.15, 0.2) is 0 Å². The number of likely N-dealkylation sites (N-methyl/N-ethyl adjacent to an activating group) is 1. The maximum absolute atomic E-state index is 10.5. The highest BCUT2D eigenvalue weighted by Gasteiger charge is 2.15. The number of rotatable bonds is 5. The average molecular weight is 222 g/mol. The summed E-state index contributed by atoms with van der Waals surface area (Å²) in [4.78, 5) is 13.6. The molecule has 0 unspecified atom stereocenters. The van der Waals surface area contributed by atoms with Crippen molar-refractivity contribution < 1.29 is 9.66 Å². The molecule has 1 aromatic rings. The summed E-state index contributed by atoms with van der Waals surface area (Å²) in [6.07, 6.45) is 0. The highest BCUT2D eigenvalue weighted by Crippen LogP contribution is 2.19. The summed E-state index contributed by atoms with van der Waals surface area (Å²) in [5.74, 6) is 0.206. The molecular formula is C9H10N4O3. The fourth-order valence-corrected chi connectivity index (χ4v) is 1.00. The Morgan fingerprint density at radius 2 is 2.44 bits per heavy atom. The van der Waals surface area contributed by atoms with Crippen LogP contribution in [0.4, 0.5) is 5.69 Å². The molecule has 1 heterocycles. The van der Waals surface area contributed by atoms with E-state index in [0.717, 1.165) is 0 Å². The van der Waals surface area contributed by atoms with Gasteiger partial charge in [0.1, 0.15) is 12.7 Å². The standard InChI is InChI=1S/C9H10N4O3/c1-11-4-5-16-9-3-2-8(13(14)15)7(6-10)12-9/h2-3,11H,4-5H2,1H3. The van der Waals surface area contributed by atoms with E-state index < -0.39 is 4.92 Å². The first kappa shape index (κ1) is 11.9. The highest BCUT2D eigenvalue weighted by atomic mass is 16.6. The summed E-state index contributed by atoms with van der Waals surface area (Å²) in [6.45, 7) is 1.01. The lowest BCUT2D eigenvalue weighted by Gasteiger charge is -2.04. The minimum Gasteiger partial charge on any atom is -0.476 e. The summed E-state index contributed by atoms with van der Waals surface area (Å²) < 4.78 is 5.18. The lowest BCUT2D eigenvalue weighted by Crippen LogP contribution is -2.16. The zero-order chi connectivity index (χ0) is 12.0. The van der Waals surface area contributed by atoms with Crippen molar-refractivity contribution in [3.8, 4) is 11.9 Å². The molecule has 0 aliphatic rings. The number of nitro groups is 1. The molecule has 0 atom stereocenters. The van der Waals surface area contributed by atoms with Crippen LogP contribution in [0, 0.1) is 21.4 Å². The van der Waals surface area contributed by atoms with Gasteiger partial charge >= 0.3 is 5.69 Å². The lowest BCUT2D eigenvalue weighted by atomic mass is 10.3. The number of hydrogen-bond donors (Lipinski definition) is 1. The van der Waals surface area contributed by atoms with Crippen LogP contribution in [0.15, 0.2) is 12.1 Å². The Hall–Kier alpha value is -2.20. The van der Waals surface area contributed by atoms with Crippen LogP contribution in [-0.2, 0) is 0 Å². The maximum Gasteiger partial charge on any atom is 0.305 e. The Labute approximate surface area is 91.8 Å².